The van der Waals surface area contributed by atoms with Crippen molar-refractivity contribution in [2.24, 2.45) is 7.05 Å². The molecular formula is C21H23N3O4S2. The molecule has 0 saturated heterocycles. The number of fused-ring (bicyclic) bond motifs is 3. The van der Waals surface area contributed by atoms with Crippen molar-refractivity contribution in [2.45, 2.75) is 18.4 Å². The molecular weight excluding hydrogens is 422 g/mol. The fourth-order valence-corrected chi connectivity index (χ4v) is 5.60. The van der Waals surface area contributed by atoms with Crippen molar-refractivity contribution in [2.75, 3.05) is 12.8 Å². The molecule has 1 aliphatic rings. The molecule has 1 N–H and O–H groups in total. The van der Waals surface area contributed by atoms with Gasteiger partial charge in [-0.1, -0.05) is 35.9 Å². The van der Waals surface area contributed by atoms with Crippen LogP contribution in [0.5, 0.6) is 0 Å². The normalized spacial score (nSPS) is 16.7. The summed E-state index contributed by atoms with van der Waals surface area (Å²) in [6.07, 6.45) is 2.46. The first-order valence-corrected chi connectivity index (χ1v) is 12.7. The van der Waals surface area contributed by atoms with Crippen LogP contribution in [-0.2, 0) is 33.6 Å². The zero-order chi connectivity index (χ0) is 21.7. The van der Waals surface area contributed by atoms with E-state index in [0.29, 0.717) is 5.57 Å². The van der Waals surface area contributed by atoms with E-state index in [1.54, 1.807) is 24.3 Å². The van der Waals surface area contributed by atoms with Gasteiger partial charge in [0.1, 0.15) is 0 Å². The highest BCUT2D eigenvalue weighted by Gasteiger charge is 2.33. The number of nitrogens with zero attached hydrogens (tertiary/aromatic N) is 2. The van der Waals surface area contributed by atoms with Crippen molar-refractivity contribution in [3.8, 4) is 0 Å². The van der Waals surface area contributed by atoms with E-state index in [2.05, 4.69) is 4.72 Å². The molecule has 1 aromatic heterocycles. The summed E-state index contributed by atoms with van der Waals surface area (Å²) in [6.45, 7) is 2.18. The van der Waals surface area contributed by atoms with Crippen molar-refractivity contribution in [3.63, 3.8) is 0 Å². The smallest absolute Gasteiger partial charge is 0.243 e. The zero-order valence-electron chi connectivity index (χ0n) is 17.0. The zero-order valence-corrected chi connectivity index (χ0v) is 18.6. The molecule has 9 heteroatoms. The summed E-state index contributed by atoms with van der Waals surface area (Å²) in [4.78, 5) is 0.215. The van der Waals surface area contributed by atoms with Crippen LogP contribution in [0.25, 0.3) is 16.5 Å². The van der Waals surface area contributed by atoms with Crippen LogP contribution in [0.1, 0.15) is 16.8 Å². The molecule has 0 saturated carbocycles. The van der Waals surface area contributed by atoms with Crippen molar-refractivity contribution >= 4 is 36.5 Å². The number of rotatable bonds is 4. The Morgan fingerprint density at radius 1 is 0.967 bits per heavy atom. The fraction of sp³-hybridized carbons (Fsp3) is 0.238. The van der Waals surface area contributed by atoms with Crippen LogP contribution in [0, 0.1) is 6.92 Å². The van der Waals surface area contributed by atoms with Gasteiger partial charge in [0.05, 0.1) is 16.8 Å². The lowest BCUT2D eigenvalue weighted by Crippen LogP contribution is -2.36. The van der Waals surface area contributed by atoms with E-state index >= 15 is 0 Å². The molecule has 0 unspecified atom stereocenters. The summed E-state index contributed by atoms with van der Waals surface area (Å²) in [5.41, 5.74) is 4.22. The first-order valence-electron chi connectivity index (χ1n) is 9.38. The third-order valence-electron chi connectivity index (χ3n) is 5.30. The highest BCUT2D eigenvalue weighted by Crippen LogP contribution is 2.37. The van der Waals surface area contributed by atoms with E-state index in [1.165, 1.54) is 10.5 Å². The van der Waals surface area contributed by atoms with Gasteiger partial charge in [-0.3, -0.25) is 4.72 Å². The Morgan fingerprint density at radius 2 is 1.63 bits per heavy atom. The molecule has 30 heavy (non-hydrogen) atoms. The molecule has 2 aromatic carbocycles. The molecule has 4 rings (SSSR count). The number of aromatic nitrogens is 1. The first-order chi connectivity index (χ1) is 14.1. The number of hydrogen-bond acceptors (Lipinski definition) is 4. The third-order valence-corrected chi connectivity index (χ3v) is 7.66. The van der Waals surface area contributed by atoms with Crippen LogP contribution in [0.3, 0.4) is 0 Å². The summed E-state index contributed by atoms with van der Waals surface area (Å²) >= 11 is 0. The van der Waals surface area contributed by atoms with E-state index in [9.17, 15) is 16.8 Å². The lowest BCUT2D eigenvalue weighted by Gasteiger charge is -2.29. The topological polar surface area (TPSA) is 88.5 Å². The average Bonchev–Trinajstić information content (AvgIpc) is 2.99. The van der Waals surface area contributed by atoms with Crippen molar-refractivity contribution in [1.29, 1.82) is 0 Å². The molecule has 0 bridgehead atoms. The minimum atomic E-state index is -3.76. The molecule has 0 atom stereocenters. The maximum atomic E-state index is 13.4. The Hall–Kier alpha value is -2.62. The van der Waals surface area contributed by atoms with Gasteiger partial charge in [0.15, 0.2) is 0 Å². The second-order valence-corrected chi connectivity index (χ2v) is 11.3. The maximum Gasteiger partial charge on any atom is 0.243 e. The van der Waals surface area contributed by atoms with Crippen molar-refractivity contribution in [1.82, 2.24) is 13.6 Å². The van der Waals surface area contributed by atoms with Crippen molar-refractivity contribution < 1.29 is 16.8 Å². The summed E-state index contributed by atoms with van der Waals surface area (Å²) in [7, 11) is -5.34. The number of aryl methyl sites for hydroxylation is 2. The van der Waals surface area contributed by atoms with E-state index in [0.717, 1.165) is 34.0 Å². The van der Waals surface area contributed by atoms with Crippen LogP contribution in [0.15, 0.2) is 59.6 Å². The Balaban J connectivity index is 1.88. The van der Waals surface area contributed by atoms with Gasteiger partial charge in [0.2, 0.25) is 20.0 Å². The fourth-order valence-electron chi connectivity index (χ4n) is 3.86. The summed E-state index contributed by atoms with van der Waals surface area (Å²) < 4.78 is 55.8. The van der Waals surface area contributed by atoms with Crippen molar-refractivity contribution in [3.05, 3.63) is 71.6 Å². The highest BCUT2D eigenvalue weighted by molar-refractivity contribution is 7.89. The predicted molar refractivity (Wildman–Crippen MR) is 118 cm³/mol. The van der Waals surface area contributed by atoms with Gasteiger partial charge in [0, 0.05) is 48.4 Å². The monoisotopic (exact) mass is 445 g/mol. The van der Waals surface area contributed by atoms with Crippen LogP contribution in [0.2, 0.25) is 0 Å². The SMILES string of the molecule is Cc1ccc(S(=O)(=O)N2C/C(=C/NS(C)(=O)=O)c3c(c4ccccc4n3C)C2)cc1. The van der Waals surface area contributed by atoms with Crippen LogP contribution in [0.4, 0.5) is 0 Å². The first kappa shape index (κ1) is 20.6. The molecule has 0 amide bonds. The molecule has 7 nitrogen and oxygen atoms in total. The molecule has 1 aliphatic heterocycles. The van der Waals surface area contributed by atoms with Gasteiger partial charge in [-0.25, -0.2) is 16.8 Å². The molecule has 0 radical (unpaired) electrons. The van der Waals surface area contributed by atoms with Gasteiger partial charge in [0.25, 0.3) is 0 Å². The average molecular weight is 446 g/mol. The number of sulfonamides is 2. The quantitative estimate of drug-likeness (QED) is 0.669. The number of hydrogen-bond donors (Lipinski definition) is 1. The van der Waals surface area contributed by atoms with Crippen LogP contribution in [-0.4, -0.2) is 38.5 Å². The minimum Gasteiger partial charge on any atom is -0.344 e. The van der Waals surface area contributed by atoms with Gasteiger partial charge in [-0.05, 0) is 25.1 Å². The molecule has 0 fully saturated rings. The molecule has 158 valence electrons. The Bertz CT molecular complexity index is 1370. The molecule has 3 aromatic rings. The second-order valence-electron chi connectivity index (χ2n) is 7.55. The Morgan fingerprint density at radius 3 is 2.30 bits per heavy atom. The number of para-hydroxylation sites is 1. The van der Waals surface area contributed by atoms with E-state index in [4.69, 9.17) is 0 Å². The highest BCUT2D eigenvalue weighted by atomic mass is 32.2. The van der Waals surface area contributed by atoms with Gasteiger partial charge >= 0.3 is 0 Å². The van der Waals surface area contributed by atoms with Crippen LogP contribution < -0.4 is 4.72 Å². The summed E-state index contributed by atoms with van der Waals surface area (Å²) in [5, 5.41) is 0.948. The van der Waals surface area contributed by atoms with Gasteiger partial charge in [-0.2, -0.15) is 4.31 Å². The summed E-state index contributed by atoms with van der Waals surface area (Å²) in [5.74, 6) is 0. The van der Waals surface area contributed by atoms with E-state index < -0.39 is 20.0 Å². The van der Waals surface area contributed by atoms with E-state index in [1.807, 2.05) is 42.8 Å². The minimum absolute atomic E-state index is 0.0654. The standard InChI is InChI=1S/C21H23N3O4S2/c1-15-8-10-17(11-9-15)30(27,28)24-13-16(12-22-29(3,25)26)21-19(14-24)18-6-4-5-7-20(18)23(21)2/h4-12,22H,13-14H2,1-3H3/b16-12-. The molecule has 0 aliphatic carbocycles. The number of benzene rings is 2. The van der Waals surface area contributed by atoms with E-state index in [-0.39, 0.29) is 18.0 Å². The van der Waals surface area contributed by atoms with Gasteiger partial charge < -0.3 is 4.57 Å². The molecule has 2 heterocycles. The lowest BCUT2D eigenvalue weighted by molar-refractivity contribution is 0.433. The summed E-state index contributed by atoms with van der Waals surface area (Å²) in [6, 6.07) is 14.5. The van der Waals surface area contributed by atoms with Gasteiger partial charge in [-0.15, -0.1) is 0 Å². The Labute approximate surface area is 176 Å². The predicted octanol–water partition coefficient (Wildman–Crippen LogP) is 2.58. The number of nitrogens with one attached hydrogen (secondary N) is 1. The largest absolute Gasteiger partial charge is 0.344 e. The lowest BCUT2D eigenvalue weighted by atomic mass is 10.0. The maximum absolute atomic E-state index is 13.4. The third kappa shape index (κ3) is 3.64. The molecule has 0 spiro atoms. The van der Waals surface area contributed by atoms with Crippen LogP contribution >= 0.6 is 0 Å². The second kappa shape index (κ2) is 7.26. The Kier molecular flexibility index (Phi) is 5.00.